The predicted octanol–water partition coefficient (Wildman–Crippen LogP) is 4.41. The number of fused-ring (bicyclic) bond motifs is 1. The molecule has 24 heavy (non-hydrogen) atoms. The lowest BCUT2D eigenvalue weighted by atomic mass is 10.0. The van der Waals surface area contributed by atoms with Gasteiger partial charge in [0, 0.05) is 17.0 Å². The molecule has 0 spiro atoms. The van der Waals surface area contributed by atoms with E-state index in [9.17, 15) is 8.42 Å². The fraction of sp³-hybridized carbons (Fsp3) is 0.263. The van der Waals surface area contributed by atoms with Crippen LogP contribution in [0.15, 0.2) is 59.2 Å². The third-order valence-corrected chi connectivity index (χ3v) is 6.39. The van der Waals surface area contributed by atoms with Crippen LogP contribution < -0.4 is 3.89 Å². The molecule has 0 saturated heterocycles. The van der Waals surface area contributed by atoms with E-state index in [1.54, 1.807) is 13.3 Å². The van der Waals surface area contributed by atoms with Crippen molar-refractivity contribution in [2.45, 2.75) is 13.3 Å². The highest BCUT2D eigenvalue weighted by molar-refractivity contribution is 7.90. The first-order chi connectivity index (χ1) is 11.4. The molecule has 3 aromatic rings. The van der Waals surface area contributed by atoms with E-state index in [2.05, 4.69) is 0 Å². The maximum Gasteiger partial charge on any atom is 0.298 e. The summed E-state index contributed by atoms with van der Waals surface area (Å²) in [6.45, 7) is 2.50. The summed E-state index contributed by atoms with van der Waals surface area (Å²) < 4.78 is 30.7. The van der Waals surface area contributed by atoms with Gasteiger partial charge in [0.1, 0.15) is 5.58 Å². The van der Waals surface area contributed by atoms with Crippen molar-refractivity contribution in [3.8, 4) is 11.1 Å². The van der Waals surface area contributed by atoms with Gasteiger partial charge in [0.05, 0.1) is 26.1 Å². The van der Waals surface area contributed by atoms with E-state index >= 15 is 0 Å². The van der Waals surface area contributed by atoms with Crippen LogP contribution >= 0.6 is 0 Å². The molecular weight excluding hydrogens is 322 g/mol. The molecule has 0 saturated carbocycles. The molecule has 0 bridgehead atoms. The van der Waals surface area contributed by atoms with Gasteiger partial charge in [0.15, 0.2) is 5.69 Å². The lowest BCUT2D eigenvalue weighted by Gasteiger charge is -2.32. The van der Waals surface area contributed by atoms with Crippen LogP contribution in [0.4, 0.5) is 5.69 Å². The van der Waals surface area contributed by atoms with E-state index in [4.69, 9.17) is 4.42 Å². The number of rotatable bonds is 5. The van der Waals surface area contributed by atoms with Crippen molar-refractivity contribution in [1.82, 2.24) is 3.89 Å². The Balaban J connectivity index is 2.37. The molecular formula is C19H22NO3S+. The molecule has 0 aliphatic carbocycles. The van der Waals surface area contributed by atoms with Gasteiger partial charge >= 0.3 is 0 Å². The van der Waals surface area contributed by atoms with E-state index in [-0.39, 0.29) is 3.89 Å². The maximum absolute atomic E-state index is 12.6. The number of nitrogens with zero attached hydrogens (tertiary/aromatic N) is 1. The zero-order valence-corrected chi connectivity index (χ0v) is 15.0. The Labute approximate surface area is 143 Å². The van der Waals surface area contributed by atoms with Crippen LogP contribution in [0.3, 0.4) is 0 Å². The van der Waals surface area contributed by atoms with Gasteiger partial charge in [-0.1, -0.05) is 37.3 Å². The van der Waals surface area contributed by atoms with E-state index in [1.807, 2.05) is 55.5 Å². The van der Waals surface area contributed by atoms with Gasteiger partial charge in [-0.3, -0.25) is 0 Å². The molecule has 3 rings (SSSR count). The van der Waals surface area contributed by atoms with Crippen LogP contribution in [0, 0.1) is 0 Å². The van der Waals surface area contributed by atoms with Crippen LogP contribution in [0.1, 0.15) is 13.3 Å². The van der Waals surface area contributed by atoms with Gasteiger partial charge in [-0.15, -0.1) is 0 Å². The quantitative estimate of drug-likeness (QED) is 0.644. The highest BCUT2D eigenvalue weighted by atomic mass is 32.2. The summed E-state index contributed by atoms with van der Waals surface area (Å²) in [5.41, 5.74) is 3.37. The minimum atomic E-state index is -3.37. The van der Waals surface area contributed by atoms with Crippen molar-refractivity contribution in [2.75, 3.05) is 19.8 Å². The van der Waals surface area contributed by atoms with Crippen LogP contribution in [0.2, 0.25) is 0 Å². The Hall–Kier alpha value is -2.11. The highest BCUT2D eigenvalue weighted by Gasteiger charge is 2.38. The molecule has 0 amide bonds. The molecule has 0 fully saturated rings. The SMILES string of the molecule is CCC[N+](C)(c1cc2occc2cc1-c1ccccc1)S(C)(=O)=O. The van der Waals surface area contributed by atoms with Crippen LogP contribution in [-0.4, -0.2) is 28.3 Å². The van der Waals surface area contributed by atoms with Gasteiger partial charge in [0.25, 0.3) is 10.0 Å². The first kappa shape index (κ1) is 16.7. The fourth-order valence-electron chi connectivity index (χ4n) is 3.13. The number of hydrogen-bond acceptors (Lipinski definition) is 3. The smallest absolute Gasteiger partial charge is 0.298 e. The van der Waals surface area contributed by atoms with Crippen LogP contribution in [-0.2, 0) is 10.0 Å². The topological polar surface area (TPSA) is 47.3 Å². The molecule has 1 aromatic heterocycles. The Morgan fingerprint density at radius 2 is 1.79 bits per heavy atom. The van der Waals surface area contributed by atoms with Crippen molar-refractivity contribution >= 4 is 26.7 Å². The summed E-state index contributed by atoms with van der Waals surface area (Å²) in [5.74, 6) is 0. The Morgan fingerprint density at radius 1 is 1.08 bits per heavy atom. The van der Waals surface area contributed by atoms with Gasteiger partial charge in [-0.25, -0.2) is 0 Å². The number of hydrogen-bond donors (Lipinski definition) is 0. The van der Waals surface area contributed by atoms with Crippen LogP contribution in [0.5, 0.6) is 0 Å². The minimum Gasteiger partial charge on any atom is -0.464 e. The zero-order valence-electron chi connectivity index (χ0n) is 14.2. The minimum absolute atomic E-state index is 0.148. The molecule has 1 atom stereocenters. The average molecular weight is 344 g/mol. The molecule has 2 aromatic carbocycles. The van der Waals surface area contributed by atoms with Gasteiger partial charge in [-0.05, 0) is 24.1 Å². The fourth-order valence-corrected chi connectivity index (χ4v) is 4.15. The Bertz CT molecular complexity index is 961. The zero-order chi connectivity index (χ0) is 17.4. The molecule has 5 heteroatoms. The first-order valence-electron chi connectivity index (χ1n) is 8.00. The lowest BCUT2D eigenvalue weighted by molar-refractivity contribution is 0.464. The van der Waals surface area contributed by atoms with Crippen molar-refractivity contribution in [3.63, 3.8) is 0 Å². The number of furan rings is 1. The predicted molar refractivity (Wildman–Crippen MR) is 99.4 cm³/mol. The van der Waals surface area contributed by atoms with Gasteiger partial charge < -0.3 is 4.42 Å². The summed E-state index contributed by atoms with van der Waals surface area (Å²) in [7, 11) is -1.61. The van der Waals surface area contributed by atoms with Crippen molar-refractivity contribution in [2.24, 2.45) is 0 Å². The molecule has 126 valence electrons. The first-order valence-corrected chi connectivity index (χ1v) is 9.84. The van der Waals surface area contributed by atoms with Crippen molar-refractivity contribution < 1.29 is 12.8 Å². The number of sulfonamides is 1. The summed E-state index contributed by atoms with van der Waals surface area (Å²) in [6, 6.07) is 15.7. The van der Waals surface area contributed by atoms with E-state index in [0.717, 1.165) is 28.6 Å². The lowest BCUT2D eigenvalue weighted by Crippen LogP contribution is -2.50. The normalized spacial score (nSPS) is 14.6. The summed E-state index contributed by atoms with van der Waals surface area (Å²) in [4.78, 5) is 0. The van der Waals surface area contributed by atoms with E-state index in [1.165, 1.54) is 6.26 Å². The summed E-state index contributed by atoms with van der Waals surface area (Å²) >= 11 is 0. The number of quaternary nitrogens is 1. The standard InChI is InChI=1S/C19H22NO3S/c1-4-11-20(2,24(3,21)22)18-14-19-16(10-12-23-19)13-17(18)15-8-6-5-7-9-15/h5-10,12-14H,4,11H2,1-3H3/q+1. The molecule has 1 unspecified atom stereocenters. The van der Waals surface area contributed by atoms with E-state index in [0.29, 0.717) is 12.1 Å². The monoisotopic (exact) mass is 344 g/mol. The highest BCUT2D eigenvalue weighted by Crippen LogP contribution is 2.39. The third kappa shape index (κ3) is 2.74. The Morgan fingerprint density at radius 3 is 2.42 bits per heavy atom. The molecule has 0 N–H and O–H groups in total. The molecule has 0 radical (unpaired) electrons. The van der Waals surface area contributed by atoms with Crippen molar-refractivity contribution in [1.29, 1.82) is 0 Å². The van der Waals surface area contributed by atoms with Gasteiger partial charge in [0.2, 0.25) is 0 Å². The molecule has 4 nitrogen and oxygen atoms in total. The molecule has 1 heterocycles. The summed E-state index contributed by atoms with van der Waals surface area (Å²) in [5, 5.41) is 0.967. The second-order valence-corrected chi connectivity index (χ2v) is 8.52. The Kier molecular flexibility index (Phi) is 4.24. The summed E-state index contributed by atoms with van der Waals surface area (Å²) in [6.07, 6.45) is 3.69. The van der Waals surface area contributed by atoms with Crippen molar-refractivity contribution in [3.05, 3.63) is 54.8 Å². The third-order valence-electron chi connectivity index (χ3n) is 4.55. The maximum atomic E-state index is 12.6. The largest absolute Gasteiger partial charge is 0.464 e. The average Bonchev–Trinajstić information content (AvgIpc) is 3.01. The molecule has 0 aliphatic heterocycles. The van der Waals surface area contributed by atoms with Crippen LogP contribution in [0.25, 0.3) is 22.1 Å². The van der Waals surface area contributed by atoms with Gasteiger partial charge in [-0.2, -0.15) is 12.3 Å². The number of benzene rings is 2. The molecule has 0 aliphatic rings. The second-order valence-electron chi connectivity index (χ2n) is 6.25. The van der Waals surface area contributed by atoms with E-state index < -0.39 is 10.0 Å². The second kappa shape index (κ2) is 6.07.